The topological polar surface area (TPSA) is 93.0 Å². The van der Waals surface area contributed by atoms with Crippen LogP contribution in [0, 0.1) is 32.1 Å². The van der Waals surface area contributed by atoms with Crippen LogP contribution in [-0.4, -0.2) is 39.0 Å². The van der Waals surface area contributed by atoms with Crippen molar-refractivity contribution in [3.8, 4) is 17.3 Å². The smallest absolute Gasteiger partial charge is 0.254 e. The minimum atomic E-state index is -0.151. The Balaban J connectivity index is 1.56. The first-order chi connectivity index (χ1) is 15.4. The fourth-order valence-corrected chi connectivity index (χ4v) is 4.72. The number of aliphatic hydroxyl groups is 1. The molecule has 0 saturated carbocycles. The lowest BCUT2D eigenvalue weighted by molar-refractivity contribution is 0.0712. The van der Waals surface area contributed by atoms with Crippen LogP contribution >= 0.6 is 0 Å². The third kappa shape index (κ3) is 4.04. The van der Waals surface area contributed by atoms with Gasteiger partial charge in [-0.1, -0.05) is 24.3 Å². The Kier molecular flexibility index (Phi) is 6.11. The first-order valence-electron chi connectivity index (χ1n) is 11.0. The van der Waals surface area contributed by atoms with Crippen molar-refractivity contribution in [2.45, 2.75) is 46.1 Å². The lowest BCUT2D eigenvalue weighted by Crippen LogP contribution is -2.38. The molecule has 0 bridgehead atoms. The van der Waals surface area contributed by atoms with Gasteiger partial charge in [0.05, 0.1) is 17.3 Å². The number of aromatic nitrogens is 2. The second-order valence-electron chi connectivity index (χ2n) is 8.56. The number of aliphatic hydroxyl groups excluding tert-OH is 1. The molecular weight excluding hydrogens is 400 g/mol. The molecule has 1 aromatic heterocycles. The number of likely N-dealkylation sites (tertiary alicyclic amines) is 1. The zero-order chi connectivity index (χ0) is 22.8. The molecule has 1 aliphatic heterocycles. The van der Waals surface area contributed by atoms with Crippen LogP contribution in [0.25, 0.3) is 11.3 Å². The van der Waals surface area contributed by atoms with Crippen LogP contribution in [0.5, 0.6) is 0 Å². The van der Waals surface area contributed by atoms with Crippen LogP contribution in [0.3, 0.4) is 0 Å². The van der Waals surface area contributed by atoms with Crippen molar-refractivity contribution < 1.29 is 9.90 Å². The Morgan fingerprint density at radius 3 is 2.56 bits per heavy atom. The summed E-state index contributed by atoms with van der Waals surface area (Å²) in [6.07, 6.45) is 1.70. The summed E-state index contributed by atoms with van der Waals surface area (Å²) in [5, 5.41) is 18.8. The van der Waals surface area contributed by atoms with Gasteiger partial charge in [-0.2, -0.15) is 5.26 Å². The quantitative estimate of drug-likeness (QED) is 0.645. The van der Waals surface area contributed by atoms with Crippen molar-refractivity contribution >= 4 is 5.91 Å². The largest absolute Gasteiger partial charge is 0.388 e. The number of nitrogens with one attached hydrogen (secondary N) is 1. The summed E-state index contributed by atoms with van der Waals surface area (Å²) >= 11 is 0. The van der Waals surface area contributed by atoms with E-state index in [0.29, 0.717) is 30.4 Å². The molecule has 0 radical (unpaired) electrons. The van der Waals surface area contributed by atoms with Gasteiger partial charge in [0.2, 0.25) is 0 Å². The van der Waals surface area contributed by atoms with E-state index in [-0.39, 0.29) is 12.5 Å². The van der Waals surface area contributed by atoms with Crippen LogP contribution in [-0.2, 0) is 6.61 Å². The highest BCUT2D eigenvalue weighted by molar-refractivity contribution is 5.97. The molecule has 6 heteroatoms. The Labute approximate surface area is 188 Å². The van der Waals surface area contributed by atoms with Gasteiger partial charge in [0.1, 0.15) is 12.4 Å². The first kappa shape index (κ1) is 21.8. The zero-order valence-electron chi connectivity index (χ0n) is 18.8. The average molecular weight is 429 g/mol. The molecule has 2 heterocycles. The SMILES string of the molecule is Cc1cc(C)c(-c2nc(CO)[nH]c2C)cc1C(=O)N1CCC(c2ccccc2C#N)CC1. The number of piperidine rings is 1. The van der Waals surface area contributed by atoms with E-state index in [1.165, 1.54) is 0 Å². The summed E-state index contributed by atoms with van der Waals surface area (Å²) in [5.41, 5.74) is 7.05. The number of hydrogen-bond acceptors (Lipinski definition) is 4. The predicted molar refractivity (Wildman–Crippen MR) is 123 cm³/mol. The summed E-state index contributed by atoms with van der Waals surface area (Å²) in [6.45, 7) is 7.09. The second kappa shape index (κ2) is 8.97. The summed E-state index contributed by atoms with van der Waals surface area (Å²) in [6, 6.07) is 14.0. The van der Waals surface area contributed by atoms with Crippen molar-refractivity contribution in [1.29, 1.82) is 5.26 Å². The Morgan fingerprint density at radius 2 is 1.91 bits per heavy atom. The van der Waals surface area contributed by atoms with Gasteiger partial charge >= 0.3 is 0 Å². The Hall–Kier alpha value is -3.43. The molecule has 1 aliphatic rings. The van der Waals surface area contributed by atoms with E-state index in [1.54, 1.807) is 0 Å². The number of rotatable bonds is 4. The van der Waals surface area contributed by atoms with E-state index >= 15 is 0 Å². The van der Waals surface area contributed by atoms with E-state index in [4.69, 9.17) is 0 Å². The van der Waals surface area contributed by atoms with Crippen LogP contribution in [0.1, 0.15) is 62.9 Å². The summed E-state index contributed by atoms with van der Waals surface area (Å²) in [7, 11) is 0. The summed E-state index contributed by atoms with van der Waals surface area (Å²) < 4.78 is 0. The van der Waals surface area contributed by atoms with Gasteiger partial charge in [-0.05, 0) is 68.4 Å². The van der Waals surface area contributed by atoms with Crippen LogP contribution < -0.4 is 0 Å². The van der Waals surface area contributed by atoms with Crippen molar-refractivity contribution in [2.75, 3.05) is 13.1 Å². The number of imidazole rings is 1. The summed E-state index contributed by atoms with van der Waals surface area (Å²) in [4.78, 5) is 23.0. The number of hydrogen-bond donors (Lipinski definition) is 2. The maximum atomic E-state index is 13.4. The molecule has 1 amide bonds. The monoisotopic (exact) mass is 428 g/mol. The fraction of sp³-hybridized carbons (Fsp3) is 0.346. The normalized spacial score (nSPS) is 14.4. The minimum Gasteiger partial charge on any atom is -0.388 e. The van der Waals surface area contributed by atoms with E-state index < -0.39 is 0 Å². The van der Waals surface area contributed by atoms with Gasteiger partial charge in [0, 0.05) is 29.9 Å². The second-order valence-corrected chi connectivity index (χ2v) is 8.56. The number of carbonyl (C=O) groups is 1. The maximum absolute atomic E-state index is 13.4. The number of amides is 1. The van der Waals surface area contributed by atoms with Crippen molar-refractivity contribution in [2.24, 2.45) is 0 Å². The maximum Gasteiger partial charge on any atom is 0.254 e. The molecule has 2 N–H and O–H groups in total. The van der Waals surface area contributed by atoms with Crippen LogP contribution in [0.15, 0.2) is 36.4 Å². The van der Waals surface area contributed by atoms with Gasteiger partial charge < -0.3 is 15.0 Å². The summed E-state index contributed by atoms with van der Waals surface area (Å²) in [5.74, 6) is 0.851. The highest BCUT2D eigenvalue weighted by Crippen LogP contribution is 2.32. The molecule has 0 spiro atoms. The number of benzene rings is 2. The molecule has 1 saturated heterocycles. The van der Waals surface area contributed by atoms with Crippen molar-refractivity contribution in [3.63, 3.8) is 0 Å². The molecule has 3 aromatic rings. The van der Waals surface area contributed by atoms with Crippen LogP contribution in [0.2, 0.25) is 0 Å². The van der Waals surface area contributed by atoms with Gasteiger partial charge in [-0.25, -0.2) is 4.98 Å². The lowest BCUT2D eigenvalue weighted by atomic mass is 9.86. The zero-order valence-corrected chi connectivity index (χ0v) is 18.8. The predicted octanol–water partition coefficient (Wildman–Crippen LogP) is 4.39. The number of H-pyrrole nitrogens is 1. The third-order valence-electron chi connectivity index (χ3n) is 6.44. The highest BCUT2D eigenvalue weighted by atomic mass is 16.3. The standard InChI is InChI=1S/C26H28N4O2/c1-16-12-17(2)23(13-22(16)25-18(3)28-24(15-31)29-25)26(32)30-10-8-19(9-11-30)21-7-5-4-6-20(21)14-27/h4-7,12-13,19,31H,8-11,15H2,1-3H3,(H,28,29). The number of aryl methyl sites for hydroxylation is 3. The molecule has 164 valence electrons. The molecule has 4 rings (SSSR count). The Morgan fingerprint density at radius 1 is 1.19 bits per heavy atom. The van der Waals surface area contributed by atoms with E-state index in [0.717, 1.165) is 52.0 Å². The molecule has 2 aromatic carbocycles. The fourth-order valence-electron chi connectivity index (χ4n) is 4.72. The van der Waals surface area contributed by atoms with Gasteiger partial charge in [-0.3, -0.25) is 4.79 Å². The lowest BCUT2D eigenvalue weighted by Gasteiger charge is -2.33. The average Bonchev–Trinajstić information content (AvgIpc) is 3.19. The molecule has 0 aliphatic carbocycles. The molecule has 0 atom stereocenters. The van der Waals surface area contributed by atoms with Gasteiger partial charge in [0.15, 0.2) is 0 Å². The molecule has 32 heavy (non-hydrogen) atoms. The highest BCUT2D eigenvalue weighted by Gasteiger charge is 2.27. The first-order valence-corrected chi connectivity index (χ1v) is 11.0. The van der Waals surface area contributed by atoms with Gasteiger partial charge in [-0.15, -0.1) is 0 Å². The Bertz CT molecular complexity index is 1200. The van der Waals surface area contributed by atoms with Crippen molar-refractivity contribution in [3.05, 3.63) is 75.7 Å². The van der Waals surface area contributed by atoms with Crippen molar-refractivity contribution in [1.82, 2.24) is 14.9 Å². The van der Waals surface area contributed by atoms with Crippen LogP contribution in [0.4, 0.5) is 0 Å². The number of nitriles is 1. The van der Waals surface area contributed by atoms with E-state index in [2.05, 4.69) is 16.0 Å². The molecular formula is C26H28N4O2. The molecule has 0 unspecified atom stereocenters. The number of aromatic amines is 1. The molecule has 6 nitrogen and oxygen atoms in total. The van der Waals surface area contributed by atoms with E-state index in [1.807, 2.05) is 62.1 Å². The number of carbonyl (C=O) groups excluding carboxylic acids is 1. The third-order valence-corrected chi connectivity index (χ3v) is 6.44. The minimum absolute atomic E-state index is 0.0336. The molecule has 1 fully saturated rings. The van der Waals surface area contributed by atoms with E-state index in [9.17, 15) is 15.2 Å². The number of nitrogens with zero attached hydrogens (tertiary/aromatic N) is 3. The van der Waals surface area contributed by atoms with Gasteiger partial charge in [0.25, 0.3) is 5.91 Å².